The maximum absolute atomic E-state index is 12.5. The highest BCUT2D eigenvalue weighted by Gasteiger charge is 2.20. The van der Waals surface area contributed by atoms with Crippen LogP contribution in [-0.4, -0.2) is 36.4 Å². The van der Waals surface area contributed by atoms with Gasteiger partial charge < -0.3 is 15.7 Å². The standard InChI is InChI=1S/C26H33ClN4O3/c1-4-6-14-30(15-7-5-2)23-13-10-21(19(3)16-25(32)33)17-24(23)31(26(28)34)29-18-20-8-11-22(27)12-9-20/h8-13,16-18H,4-7,14-15H2,1-3H3,(H2,28,34)(H,32,33)/b19-16+,29-18+. The lowest BCUT2D eigenvalue weighted by atomic mass is 10.0. The van der Waals surface area contributed by atoms with Crippen molar-refractivity contribution >= 4 is 46.8 Å². The lowest BCUT2D eigenvalue weighted by Crippen LogP contribution is -2.34. The molecule has 0 radical (unpaired) electrons. The van der Waals surface area contributed by atoms with Crippen LogP contribution in [0.4, 0.5) is 16.2 Å². The molecule has 182 valence electrons. The molecule has 3 N–H and O–H groups in total. The summed E-state index contributed by atoms with van der Waals surface area (Å²) in [6.45, 7) is 7.62. The number of hydrogen-bond donors (Lipinski definition) is 2. The predicted octanol–water partition coefficient (Wildman–Crippen LogP) is 6.15. The summed E-state index contributed by atoms with van der Waals surface area (Å²) < 4.78 is 0. The van der Waals surface area contributed by atoms with Crippen LogP contribution in [0.5, 0.6) is 0 Å². The summed E-state index contributed by atoms with van der Waals surface area (Å²) in [5, 5.41) is 15.3. The van der Waals surface area contributed by atoms with Gasteiger partial charge in [0.2, 0.25) is 0 Å². The summed E-state index contributed by atoms with van der Waals surface area (Å²) in [6, 6.07) is 11.8. The summed E-state index contributed by atoms with van der Waals surface area (Å²) in [6.07, 6.45) is 6.73. The van der Waals surface area contributed by atoms with Gasteiger partial charge in [-0.15, -0.1) is 0 Å². The maximum Gasteiger partial charge on any atom is 0.340 e. The van der Waals surface area contributed by atoms with Gasteiger partial charge in [0, 0.05) is 24.2 Å². The molecule has 0 saturated heterocycles. The lowest BCUT2D eigenvalue weighted by Gasteiger charge is -2.29. The Morgan fingerprint density at radius 3 is 2.18 bits per heavy atom. The Labute approximate surface area is 206 Å². The second-order valence-electron chi connectivity index (χ2n) is 8.01. The van der Waals surface area contributed by atoms with Crippen LogP contribution in [0.1, 0.15) is 57.6 Å². The number of rotatable bonds is 12. The minimum absolute atomic E-state index is 0.501. The van der Waals surface area contributed by atoms with E-state index in [0.717, 1.165) is 61.1 Å². The molecule has 0 spiro atoms. The normalized spacial score (nSPS) is 11.6. The molecule has 2 amide bonds. The number of anilines is 2. The largest absolute Gasteiger partial charge is 0.478 e. The zero-order valence-electron chi connectivity index (χ0n) is 20.0. The highest BCUT2D eigenvalue weighted by Crippen LogP contribution is 2.34. The van der Waals surface area contributed by atoms with Crippen LogP contribution in [0.2, 0.25) is 5.02 Å². The predicted molar refractivity (Wildman–Crippen MR) is 141 cm³/mol. The van der Waals surface area contributed by atoms with Crippen LogP contribution in [0.15, 0.2) is 53.6 Å². The molecule has 0 fully saturated rings. The fourth-order valence-corrected chi connectivity index (χ4v) is 3.56. The van der Waals surface area contributed by atoms with Gasteiger partial charge in [-0.2, -0.15) is 10.1 Å². The number of aliphatic carboxylic acids is 1. The maximum atomic E-state index is 12.5. The molecular formula is C26H33ClN4O3. The number of primary amides is 1. The average Bonchev–Trinajstić information content (AvgIpc) is 2.80. The highest BCUT2D eigenvalue weighted by molar-refractivity contribution is 6.30. The number of hydrazone groups is 1. The van der Waals surface area contributed by atoms with Gasteiger partial charge in [0.05, 0.1) is 17.6 Å². The molecule has 0 aliphatic rings. The van der Waals surface area contributed by atoms with E-state index in [9.17, 15) is 14.7 Å². The van der Waals surface area contributed by atoms with Gasteiger partial charge in [0.1, 0.15) is 0 Å². The molecule has 0 heterocycles. The minimum atomic E-state index is -1.04. The van der Waals surface area contributed by atoms with E-state index in [1.54, 1.807) is 43.5 Å². The van der Waals surface area contributed by atoms with Crippen LogP contribution in [0.25, 0.3) is 5.57 Å². The van der Waals surface area contributed by atoms with Gasteiger partial charge in [-0.25, -0.2) is 9.59 Å². The Morgan fingerprint density at radius 1 is 1.03 bits per heavy atom. The zero-order valence-corrected chi connectivity index (χ0v) is 20.8. The van der Waals surface area contributed by atoms with Crippen molar-refractivity contribution < 1.29 is 14.7 Å². The van der Waals surface area contributed by atoms with Crippen LogP contribution in [-0.2, 0) is 4.79 Å². The smallest absolute Gasteiger partial charge is 0.340 e. The number of benzene rings is 2. The molecule has 34 heavy (non-hydrogen) atoms. The second kappa shape index (κ2) is 13.4. The molecule has 0 bridgehead atoms. The van der Waals surface area contributed by atoms with Crippen molar-refractivity contribution in [2.24, 2.45) is 10.8 Å². The van der Waals surface area contributed by atoms with Crippen LogP contribution in [0.3, 0.4) is 0 Å². The number of urea groups is 1. The zero-order chi connectivity index (χ0) is 25.1. The molecule has 8 heteroatoms. The van der Waals surface area contributed by atoms with Crippen LogP contribution in [0, 0.1) is 0 Å². The summed E-state index contributed by atoms with van der Waals surface area (Å²) in [5.41, 5.74) is 9.05. The van der Waals surface area contributed by atoms with E-state index < -0.39 is 12.0 Å². The first-order chi connectivity index (χ1) is 16.3. The fourth-order valence-electron chi connectivity index (χ4n) is 3.44. The molecule has 0 aliphatic carbocycles. The van der Waals surface area contributed by atoms with E-state index >= 15 is 0 Å². The van der Waals surface area contributed by atoms with E-state index in [0.29, 0.717) is 21.8 Å². The summed E-state index contributed by atoms with van der Waals surface area (Å²) in [4.78, 5) is 26.0. The first kappa shape index (κ1) is 26.9. The number of carbonyl (C=O) groups is 2. The van der Waals surface area contributed by atoms with Crippen molar-refractivity contribution in [2.75, 3.05) is 23.0 Å². The number of carbonyl (C=O) groups excluding carboxylic acids is 1. The Morgan fingerprint density at radius 2 is 1.65 bits per heavy atom. The van der Waals surface area contributed by atoms with Crippen molar-refractivity contribution in [1.82, 2.24) is 0 Å². The quantitative estimate of drug-likeness (QED) is 0.214. The van der Waals surface area contributed by atoms with Crippen LogP contribution >= 0.6 is 11.6 Å². The molecule has 7 nitrogen and oxygen atoms in total. The van der Waals surface area contributed by atoms with Crippen LogP contribution < -0.4 is 15.6 Å². The van der Waals surface area contributed by atoms with Gasteiger partial charge in [0.15, 0.2) is 0 Å². The van der Waals surface area contributed by atoms with Gasteiger partial charge in [0.25, 0.3) is 0 Å². The lowest BCUT2D eigenvalue weighted by molar-refractivity contribution is -0.131. The summed E-state index contributed by atoms with van der Waals surface area (Å²) in [5.74, 6) is -1.04. The topological polar surface area (TPSA) is 99.2 Å². The van der Waals surface area contributed by atoms with Crippen molar-refractivity contribution in [3.63, 3.8) is 0 Å². The molecule has 2 rings (SSSR count). The SMILES string of the molecule is CCCCN(CCCC)c1ccc(/C(C)=C/C(=O)O)cc1N(/N=C/c1ccc(Cl)cc1)C(N)=O. The average molecular weight is 485 g/mol. The number of allylic oxidation sites excluding steroid dienone is 1. The Bertz CT molecular complexity index is 1030. The van der Waals surface area contributed by atoms with Gasteiger partial charge >= 0.3 is 12.0 Å². The monoisotopic (exact) mass is 484 g/mol. The van der Waals surface area contributed by atoms with E-state index in [4.69, 9.17) is 17.3 Å². The van der Waals surface area contributed by atoms with Gasteiger partial charge in [-0.1, -0.05) is 56.5 Å². The summed E-state index contributed by atoms with van der Waals surface area (Å²) in [7, 11) is 0. The molecule has 0 atom stereocenters. The van der Waals surface area contributed by atoms with Crippen molar-refractivity contribution in [3.05, 3.63) is 64.7 Å². The van der Waals surface area contributed by atoms with E-state index in [2.05, 4.69) is 23.8 Å². The molecular weight excluding hydrogens is 452 g/mol. The molecule has 0 aliphatic heterocycles. The molecule has 2 aromatic rings. The third-order valence-electron chi connectivity index (χ3n) is 5.30. The molecule has 0 unspecified atom stereocenters. The Balaban J connectivity index is 2.61. The summed E-state index contributed by atoms with van der Waals surface area (Å²) >= 11 is 5.96. The van der Waals surface area contributed by atoms with Gasteiger partial charge in [-0.3, -0.25) is 0 Å². The third kappa shape index (κ3) is 7.92. The van der Waals surface area contributed by atoms with Crippen molar-refractivity contribution in [2.45, 2.75) is 46.5 Å². The fraction of sp³-hybridized carbons (Fsp3) is 0.346. The molecule has 0 aromatic heterocycles. The van der Waals surface area contributed by atoms with Gasteiger partial charge in [-0.05, 0) is 60.7 Å². The van der Waals surface area contributed by atoms with E-state index in [1.807, 2.05) is 12.1 Å². The number of carboxylic acids is 1. The first-order valence-electron chi connectivity index (χ1n) is 11.5. The third-order valence-corrected chi connectivity index (χ3v) is 5.56. The first-order valence-corrected chi connectivity index (χ1v) is 11.8. The minimum Gasteiger partial charge on any atom is -0.478 e. The number of nitrogens with two attached hydrogens (primary N) is 1. The van der Waals surface area contributed by atoms with Crippen molar-refractivity contribution in [3.8, 4) is 0 Å². The van der Waals surface area contributed by atoms with E-state index in [-0.39, 0.29) is 0 Å². The molecule has 0 saturated carbocycles. The number of amides is 2. The number of carboxylic acid groups (broad SMARTS) is 1. The Hall–Kier alpha value is -3.32. The highest BCUT2D eigenvalue weighted by atomic mass is 35.5. The Kier molecular flexibility index (Phi) is 10.6. The van der Waals surface area contributed by atoms with Crippen molar-refractivity contribution in [1.29, 1.82) is 0 Å². The number of hydrogen-bond acceptors (Lipinski definition) is 4. The number of halogens is 1. The van der Waals surface area contributed by atoms with E-state index in [1.165, 1.54) is 0 Å². The molecule has 2 aromatic carbocycles. The second-order valence-corrected chi connectivity index (χ2v) is 8.45. The number of unbranched alkanes of at least 4 members (excludes halogenated alkanes) is 2. The number of nitrogens with zero attached hydrogens (tertiary/aromatic N) is 3.